The van der Waals surface area contributed by atoms with Crippen LogP contribution >= 0.6 is 27.3 Å². The fraction of sp³-hybridized carbons (Fsp3) is 0.167. The summed E-state index contributed by atoms with van der Waals surface area (Å²) in [4.78, 5) is 1.17. The lowest BCUT2D eigenvalue weighted by Crippen LogP contribution is -2.33. The van der Waals surface area contributed by atoms with Gasteiger partial charge in [0, 0.05) is 4.88 Å². The fourth-order valence-electron chi connectivity index (χ4n) is 1.52. The van der Waals surface area contributed by atoms with Crippen molar-refractivity contribution in [2.24, 2.45) is 5.73 Å². The zero-order valence-corrected chi connectivity index (χ0v) is 10.8. The van der Waals surface area contributed by atoms with Gasteiger partial charge >= 0.3 is 0 Å². The highest BCUT2D eigenvalue weighted by Gasteiger charge is 2.24. The number of hydrogen-bond donors (Lipinski definition) is 1. The molecule has 0 aliphatic rings. The summed E-state index contributed by atoms with van der Waals surface area (Å²) < 4.78 is 1.12. The maximum Gasteiger partial charge on any atom is 0.0731 e. The summed E-state index contributed by atoms with van der Waals surface area (Å²) in [5.74, 6) is 0. The lowest BCUT2D eigenvalue weighted by molar-refractivity contribution is 0.617. The molecule has 0 fully saturated rings. The largest absolute Gasteiger partial charge is 0.317 e. The first kappa shape index (κ1) is 10.9. The number of hydrogen-bond acceptors (Lipinski definition) is 2. The first-order valence-corrected chi connectivity index (χ1v) is 6.32. The molecule has 2 N–H and O–H groups in total. The van der Waals surface area contributed by atoms with Crippen LogP contribution in [0.5, 0.6) is 0 Å². The van der Waals surface area contributed by atoms with Crippen LogP contribution in [-0.4, -0.2) is 0 Å². The first-order chi connectivity index (χ1) is 7.10. The molecule has 78 valence electrons. The van der Waals surface area contributed by atoms with E-state index in [1.807, 2.05) is 31.2 Å². The van der Waals surface area contributed by atoms with Gasteiger partial charge in [-0.3, -0.25) is 0 Å². The minimum atomic E-state index is -0.405. The smallest absolute Gasteiger partial charge is 0.0731 e. The van der Waals surface area contributed by atoms with Crippen molar-refractivity contribution in [3.63, 3.8) is 0 Å². The van der Waals surface area contributed by atoms with Gasteiger partial charge in [0.1, 0.15) is 0 Å². The van der Waals surface area contributed by atoms with E-state index in [9.17, 15) is 0 Å². The minimum absolute atomic E-state index is 0.405. The number of thiophene rings is 1. The summed E-state index contributed by atoms with van der Waals surface area (Å²) in [6, 6.07) is 14.3. The zero-order chi connectivity index (χ0) is 10.9. The van der Waals surface area contributed by atoms with E-state index in [0.29, 0.717) is 0 Å². The van der Waals surface area contributed by atoms with Crippen molar-refractivity contribution >= 4 is 27.3 Å². The van der Waals surface area contributed by atoms with Crippen LogP contribution in [0, 0.1) is 0 Å². The predicted octanol–water partition coefficient (Wildman–Crippen LogP) is 3.73. The van der Waals surface area contributed by atoms with Crippen LogP contribution in [-0.2, 0) is 5.54 Å². The average molecular weight is 282 g/mol. The zero-order valence-electron chi connectivity index (χ0n) is 8.41. The molecule has 1 heterocycles. The van der Waals surface area contributed by atoms with Gasteiger partial charge in [-0.1, -0.05) is 30.3 Å². The molecule has 0 saturated carbocycles. The molecule has 3 heteroatoms. The molecule has 1 unspecified atom stereocenters. The summed E-state index contributed by atoms with van der Waals surface area (Å²) in [6.45, 7) is 2.04. The van der Waals surface area contributed by atoms with Crippen molar-refractivity contribution in [2.45, 2.75) is 12.5 Å². The molecule has 2 aromatic rings. The van der Waals surface area contributed by atoms with Gasteiger partial charge in [0.15, 0.2) is 0 Å². The first-order valence-electron chi connectivity index (χ1n) is 4.71. The van der Waals surface area contributed by atoms with E-state index in [1.54, 1.807) is 11.3 Å². The van der Waals surface area contributed by atoms with E-state index in [2.05, 4.69) is 34.1 Å². The Balaban J connectivity index is 2.43. The maximum atomic E-state index is 6.36. The highest BCUT2D eigenvalue weighted by atomic mass is 79.9. The Labute approximate surface area is 102 Å². The SMILES string of the molecule is CC(N)(c1ccccc1)c1ccc(Br)s1. The second-order valence-corrected chi connectivity index (χ2v) is 6.14. The molecule has 0 saturated heterocycles. The van der Waals surface area contributed by atoms with E-state index >= 15 is 0 Å². The van der Waals surface area contributed by atoms with Crippen molar-refractivity contribution < 1.29 is 0 Å². The number of nitrogens with two attached hydrogens (primary N) is 1. The summed E-state index contributed by atoms with van der Waals surface area (Å²) in [7, 11) is 0. The van der Waals surface area contributed by atoms with Gasteiger partial charge in [0.2, 0.25) is 0 Å². The Bertz CT molecular complexity index is 448. The van der Waals surface area contributed by atoms with Crippen LogP contribution in [0.3, 0.4) is 0 Å². The van der Waals surface area contributed by atoms with Crippen molar-refractivity contribution in [3.8, 4) is 0 Å². The van der Waals surface area contributed by atoms with Crippen LogP contribution in [0.15, 0.2) is 46.3 Å². The minimum Gasteiger partial charge on any atom is -0.317 e. The number of benzene rings is 1. The fourth-order valence-corrected chi connectivity index (χ4v) is 2.99. The molecular formula is C12H12BrNS. The molecule has 0 aliphatic carbocycles. The Kier molecular flexibility index (Phi) is 2.96. The molecule has 0 spiro atoms. The topological polar surface area (TPSA) is 26.0 Å². The standard InChI is InChI=1S/C12H12BrNS/c1-12(14,9-5-3-2-4-6-9)10-7-8-11(13)15-10/h2-8H,14H2,1H3. The van der Waals surface area contributed by atoms with Crippen LogP contribution in [0.25, 0.3) is 0 Å². The van der Waals surface area contributed by atoms with Crippen molar-refractivity contribution in [1.29, 1.82) is 0 Å². The molecule has 1 aromatic carbocycles. The van der Waals surface area contributed by atoms with Gasteiger partial charge < -0.3 is 5.73 Å². The van der Waals surface area contributed by atoms with Gasteiger partial charge in [-0.05, 0) is 40.5 Å². The third-order valence-electron chi connectivity index (χ3n) is 2.46. The Morgan fingerprint density at radius 2 is 1.80 bits per heavy atom. The van der Waals surface area contributed by atoms with Crippen LogP contribution in [0.1, 0.15) is 17.4 Å². The van der Waals surface area contributed by atoms with Gasteiger partial charge in [0.05, 0.1) is 9.33 Å². The lowest BCUT2D eigenvalue weighted by Gasteiger charge is -2.23. The second-order valence-electron chi connectivity index (χ2n) is 3.67. The van der Waals surface area contributed by atoms with Crippen molar-refractivity contribution in [3.05, 3.63) is 56.7 Å². The molecule has 0 bridgehead atoms. The average Bonchev–Trinajstić information content (AvgIpc) is 2.67. The van der Waals surface area contributed by atoms with Gasteiger partial charge in [-0.2, -0.15) is 0 Å². The predicted molar refractivity (Wildman–Crippen MR) is 69.1 cm³/mol. The highest BCUT2D eigenvalue weighted by molar-refractivity contribution is 9.11. The maximum absolute atomic E-state index is 6.36. The monoisotopic (exact) mass is 281 g/mol. The van der Waals surface area contributed by atoms with Crippen LogP contribution < -0.4 is 5.73 Å². The summed E-state index contributed by atoms with van der Waals surface area (Å²) in [6.07, 6.45) is 0. The quantitative estimate of drug-likeness (QED) is 0.892. The normalized spacial score (nSPS) is 14.9. The van der Waals surface area contributed by atoms with Crippen molar-refractivity contribution in [2.75, 3.05) is 0 Å². The van der Waals surface area contributed by atoms with E-state index in [1.165, 1.54) is 4.88 Å². The highest BCUT2D eigenvalue weighted by Crippen LogP contribution is 2.33. The Morgan fingerprint density at radius 1 is 1.13 bits per heavy atom. The molecule has 0 radical (unpaired) electrons. The lowest BCUT2D eigenvalue weighted by atomic mass is 9.92. The third-order valence-corrected chi connectivity index (χ3v) is 4.32. The molecule has 1 aromatic heterocycles. The molecule has 0 aliphatic heterocycles. The Hall–Kier alpha value is -0.640. The van der Waals surface area contributed by atoms with E-state index in [-0.39, 0.29) is 0 Å². The van der Waals surface area contributed by atoms with E-state index < -0.39 is 5.54 Å². The van der Waals surface area contributed by atoms with E-state index in [4.69, 9.17) is 5.73 Å². The van der Waals surface area contributed by atoms with Crippen LogP contribution in [0.4, 0.5) is 0 Å². The van der Waals surface area contributed by atoms with Gasteiger partial charge in [-0.25, -0.2) is 0 Å². The molecule has 15 heavy (non-hydrogen) atoms. The van der Waals surface area contributed by atoms with E-state index in [0.717, 1.165) is 9.35 Å². The third kappa shape index (κ3) is 2.14. The Morgan fingerprint density at radius 3 is 2.33 bits per heavy atom. The summed E-state index contributed by atoms with van der Waals surface area (Å²) in [5.41, 5.74) is 7.10. The molecule has 1 nitrogen and oxygen atoms in total. The molecule has 2 rings (SSSR count). The van der Waals surface area contributed by atoms with Crippen LogP contribution in [0.2, 0.25) is 0 Å². The summed E-state index contributed by atoms with van der Waals surface area (Å²) >= 11 is 5.14. The molecule has 0 amide bonds. The number of rotatable bonds is 2. The van der Waals surface area contributed by atoms with Gasteiger partial charge in [-0.15, -0.1) is 11.3 Å². The molecular weight excluding hydrogens is 270 g/mol. The molecule has 1 atom stereocenters. The van der Waals surface area contributed by atoms with Gasteiger partial charge in [0.25, 0.3) is 0 Å². The second kappa shape index (κ2) is 4.08. The van der Waals surface area contributed by atoms with Crippen molar-refractivity contribution in [1.82, 2.24) is 0 Å². The summed E-state index contributed by atoms with van der Waals surface area (Å²) in [5, 5.41) is 0. The number of halogens is 1.